The summed E-state index contributed by atoms with van der Waals surface area (Å²) in [7, 11) is 3.55. The van der Waals surface area contributed by atoms with E-state index in [1.807, 2.05) is 0 Å². The van der Waals surface area contributed by atoms with Gasteiger partial charge in [0, 0.05) is 37.4 Å². The number of carbonyl (C=O) groups is 2. The van der Waals surface area contributed by atoms with E-state index in [-0.39, 0.29) is 11.8 Å². The summed E-state index contributed by atoms with van der Waals surface area (Å²) in [6.45, 7) is 6.00. The van der Waals surface area contributed by atoms with Crippen LogP contribution in [0.15, 0.2) is 24.3 Å². The Morgan fingerprint density at radius 2 is 0.696 bits per heavy atom. The maximum absolute atomic E-state index is 12.1. The molecule has 0 radical (unpaired) electrons. The van der Waals surface area contributed by atoms with Crippen LogP contribution in [-0.4, -0.2) is 36.4 Å². The number of carbonyl (C=O) groups excluding carboxylic acids is 2. The van der Waals surface area contributed by atoms with Crippen molar-refractivity contribution in [1.29, 1.82) is 0 Å². The molecule has 2 N–H and O–H groups in total. The Morgan fingerprint density at radius 3 is 1.02 bits per heavy atom. The van der Waals surface area contributed by atoms with Crippen molar-refractivity contribution in [2.75, 3.05) is 24.6 Å². The minimum Gasteiger partial charge on any atom is -0.355 e. The van der Waals surface area contributed by atoms with Gasteiger partial charge in [-0.2, -0.15) is 0 Å². The van der Waals surface area contributed by atoms with Gasteiger partial charge in [-0.3, -0.25) is 9.59 Å². The monoisotopic (exact) mass is 681 g/mol. The molecule has 6 heteroatoms. The summed E-state index contributed by atoms with van der Waals surface area (Å²) in [5.74, 6) is 2.19. The van der Waals surface area contributed by atoms with Gasteiger partial charge in [0.05, 0.1) is 0 Å². The fourth-order valence-corrected chi connectivity index (χ4v) is 7.29. The molecular weight excluding hydrogens is 605 g/mol. The van der Waals surface area contributed by atoms with Crippen molar-refractivity contribution in [2.24, 2.45) is 0 Å². The van der Waals surface area contributed by atoms with Crippen LogP contribution in [0.5, 0.6) is 0 Å². The van der Waals surface area contributed by atoms with Crippen LogP contribution in [0, 0.1) is 0 Å². The lowest BCUT2D eigenvalue weighted by Gasteiger charge is -2.06. The maximum atomic E-state index is 12.1. The SMILES string of the molecule is CCCCCCCC/C=C\CCCCCCCC(=O)NCCSSCCNC(=O)CCCCCCC/C=C\CCCCCCCC. The van der Waals surface area contributed by atoms with Crippen molar-refractivity contribution < 1.29 is 9.59 Å². The first-order chi connectivity index (χ1) is 22.7. The molecule has 0 aliphatic heterocycles. The first-order valence-corrected chi connectivity index (χ1v) is 22.3. The van der Waals surface area contributed by atoms with E-state index in [9.17, 15) is 9.59 Å². The fourth-order valence-electron chi connectivity index (χ4n) is 5.47. The summed E-state index contributed by atoms with van der Waals surface area (Å²) in [5.41, 5.74) is 0. The largest absolute Gasteiger partial charge is 0.355 e. The van der Waals surface area contributed by atoms with Gasteiger partial charge in [0.2, 0.25) is 11.8 Å². The van der Waals surface area contributed by atoms with Crippen LogP contribution in [0.3, 0.4) is 0 Å². The van der Waals surface area contributed by atoms with Crippen LogP contribution in [0.25, 0.3) is 0 Å². The number of amides is 2. The minimum absolute atomic E-state index is 0.186. The number of hydrogen-bond acceptors (Lipinski definition) is 4. The molecule has 0 fully saturated rings. The minimum atomic E-state index is 0.186. The summed E-state index contributed by atoms with van der Waals surface area (Å²) < 4.78 is 0. The standard InChI is InChI=1S/C40H76N2O2S2/c1-3-5-7-9-11-13-15-17-19-21-23-25-27-29-31-33-39(43)41-35-37-45-46-38-36-42-40(44)34-32-30-28-26-24-22-20-18-16-14-12-10-8-6-4-2/h17-20H,3-16,21-38H2,1-2H3,(H,41,43)(H,42,44)/b19-17-,20-18-. The molecule has 0 spiro atoms. The number of unbranched alkanes of at least 4 members (excludes halogenated alkanes) is 22. The Morgan fingerprint density at radius 1 is 0.413 bits per heavy atom. The molecule has 0 aromatic rings. The fraction of sp³-hybridized carbons (Fsp3) is 0.850. The topological polar surface area (TPSA) is 58.2 Å². The summed E-state index contributed by atoms with van der Waals surface area (Å²) in [4.78, 5) is 24.1. The van der Waals surface area contributed by atoms with Crippen molar-refractivity contribution in [3.05, 3.63) is 24.3 Å². The predicted molar refractivity (Wildman–Crippen MR) is 210 cm³/mol. The van der Waals surface area contributed by atoms with Gasteiger partial charge in [-0.25, -0.2) is 0 Å². The second-order valence-electron chi connectivity index (χ2n) is 13.0. The third-order valence-electron chi connectivity index (χ3n) is 8.43. The van der Waals surface area contributed by atoms with Gasteiger partial charge in [0.15, 0.2) is 0 Å². The third kappa shape index (κ3) is 39.3. The maximum Gasteiger partial charge on any atom is 0.220 e. The normalized spacial score (nSPS) is 11.6. The lowest BCUT2D eigenvalue weighted by molar-refractivity contribution is -0.121. The van der Waals surface area contributed by atoms with Crippen LogP contribution >= 0.6 is 21.6 Å². The van der Waals surface area contributed by atoms with Crippen LogP contribution in [0.1, 0.15) is 194 Å². The highest BCUT2D eigenvalue weighted by Gasteiger charge is 2.03. The van der Waals surface area contributed by atoms with Crippen molar-refractivity contribution in [1.82, 2.24) is 10.6 Å². The number of hydrogen-bond donors (Lipinski definition) is 2. The Kier molecular flexibility index (Phi) is 39.5. The van der Waals surface area contributed by atoms with Crippen LogP contribution in [-0.2, 0) is 9.59 Å². The zero-order valence-electron chi connectivity index (χ0n) is 30.6. The van der Waals surface area contributed by atoms with E-state index in [1.54, 1.807) is 21.6 Å². The van der Waals surface area contributed by atoms with Gasteiger partial charge in [0.25, 0.3) is 0 Å². The highest BCUT2D eigenvalue weighted by Crippen LogP contribution is 2.19. The van der Waals surface area contributed by atoms with Crippen molar-refractivity contribution in [3.8, 4) is 0 Å². The molecule has 0 aliphatic rings. The van der Waals surface area contributed by atoms with Crippen LogP contribution < -0.4 is 10.6 Å². The van der Waals surface area contributed by atoms with E-state index in [4.69, 9.17) is 0 Å². The number of nitrogens with one attached hydrogen (secondary N) is 2. The molecular formula is C40H76N2O2S2. The molecule has 0 saturated carbocycles. The molecule has 0 unspecified atom stereocenters. The van der Waals surface area contributed by atoms with Gasteiger partial charge in [-0.05, 0) is 64.2 Å². The molecule has 0 aromatic carbocycles. The lowest BCUT2D eigenvalue weighted by Crippen LogP contribution is -2.26. The summed E-state index contributed by atoms with van der Waals surface area (Å²) in [5, 5.41) is 6.10. The van der Waals surface area contributed by atoms with E-state index in [2.05, 4.69) is 48.8 Å². The molecule has 0 atom stereocenters. The van der Waals surface area contributed by atoms with Gasteiger partial charge in [-0.15, -0.1) is 0 Å². The van der Waals surface area contributed by atoms with Gasteiger partial charge >= 0.3 is 0 Å². The summed E-state index contributed by atoms with van der Waals surface area (Å²) in [6, 6.07) is 0. The third-order valence-corrected chi connectivity index (χ3v) is 10.8. The average Bonchev–Trinajstić information content (AvgIpc) is 3.05. The van der Waals surface area contributed by atoms with Crippen molar-refractivity contribution in [2.45, 2.75) is 194 Å². The number of allylic oxidation sites excluding steroid dienone is 4. The molecule has 0 aliphatic carbocycles. The zero-order chi connectivity index (χ0) is 33.4. The summed E-state index contributed by atoms with van der Waals surface area (Å²) >= 11 is 0. The van der Waals surface area contributed by atoms with Crippen molar-refractivity contribution >= 4 is 33.4 Å². The highest BCUT2D eigenvalue weighted by atomic mass is 33.1. The van der Waals surface area contributed by atoms with Gasteiger partial charge < -0.3 is 10.6 Å². The highest BCUT2D eigenvalue weighted by molar-refractivity contribution is 8.76. The number of rotatable bonds is 37. The van der Waals surface area contributed by atoms with Gasteiger partial charge in [0.1, 0.15) is 0 Å². The Balaban J connectivity index is 3.30. The molecule has 0 saturated heterocycles. The van der Waals surface area contributed by atoms with E-state index in [0.29, 0.717) is 12.8 Å². The predicted octanol–water partition coefficient (Wildman–Crippen LogP) is 12.7. The van der Waals surface area contributed by atoms with E-state index < -0.39 is 0 Å². The lowest BCUT2D eigenvalue weighted by atomic mass is 10.1. The molecule has 0 aromatic heterocycles. The molecule has 0 rings (SSSR count). The van der Waals surface area contributed by atoms with Crippen LogP contribution in [0.2, 0.25) is 0 Å². The Bertz CT molecular complexity index is 641. The molecule has 0 heterocycles. The molecule has 270 valence electrons. The van der Waals surface area contributed by atoms with Crippen molar-refractivity contribution in [3.63, 3.8) is 0 Å². The van der Waals surface area contributed by atoms with Gasteiger partial charge in [-0.1, -0.05) is 162 Å². The average molecular weight is 681 g/mol. The molecule has 0 bridgehead atoms. The quantitative estimate of drug-likeness (QED) is 0.0389. The second-order valence-corrected chi connectivity index (χ2v) is 15.7. The molecule has 46 heavy (non-hydrogen) atoms. The first-order valence-electron chi connectivity index (χ1n) is 19.8. The first kappa shape index (κ1) is 45.1. The zero-order valence-corrected chi connectivity index (χ0v) is 32.2. The Labute approximate surface area is 295 Å². The summed E-state index contributed by atoms with van der Waals surface area (Å²) in [6.07, 6.45) is 44.1. The molecule has 2 amide bonds. The van der Waals surface area contributed by atoms with E-state index >= 15 is 0 Å². The van der Waals surface area contributed by atoms with E-state index in [1.165, 1.54) is 141 Å². The van der Waals surface area contributed by atoms with Crippen LogP contribution in [0.4, 0.5) is 0 Å². The smallest absolute Gasteiger partial charge is 0.220 e. The molecule has 4 nitrogen and oxygen atoms in total. The van der Waals surface area contributed by atoms with E-state index in [0.717, 1.165) is 50.3 Å². The Hall–Kier alpha value is -0.880. The second kappa shape index (κ2) is 40.3.